The van der Waals surface area contributed by atoms with E-state index in [0.29, 0.717) is 11.8 Å². The summed E-state index contributed by atoms with van der Waals surface area (Å²) in [4.78, 5) is 0. The first kappa shape index (κ1) is 27.7. The average molecular weight is 607 g/mol. The van der Waals surface area contributed by atoms with E-state index in [1.165, 1.54) is 103 Å². The Morgan fingerprint density at radius 1 is 0.638 bits per heavy atom. The average Bonchev–Trinajstić information content (AvgIpc) is 3.36. The summed E-state index contributed by atoms with van der Waals surface area (Å²) in [5.74, 6) is 1.34. The van der Waals surface area contributed by atoms with Gasteiger partial charge < -0.3 is 0 Å². The molecular formula is C47H42. The van der Waals surface area contributed by atoms with Gasteiger partial charge in [0.2, 0.25) is 0 Å². The van der Waals surface area contributed by atoms with E-state index in [-0.39, 0.29) is 5.41 Å². The summed E-state index contributed by atoms with van der Waals surface area (Å²) in [6.45, 7) is 4.77. The molecule has 6 aliphatic rings. The van der Waals surface area contributed by atoms with Gasteiger partial charge in [0, 0.05) is 5.41 Å². The van der Waals surface area contributed by atoms with Crippen LogP contribution in [0.15, 0.2) is 114 Å². The van der Waals surface area contributed by atoms with E-state index in [0.717, 1.165) is 19.3 Å². The van der Waals surface area contributed by atoms with E-state index in [1.807, 2.05) is 0 Å². The highest BCUT2D eigenvalue weighted by atomic mass is 14.4. The normalized spacial score (nSPS) is 23.1. The Hall–Kier alpha value is -4.42. The Morgan fingerprint density at radius 2 is 1.45 bits per heavy atom. The first-order valence-electron chi connectivity index (χ1n) is 18.1. The van der Waals surface area contributed by atoms with Crippen LogP contribution in [0.5, 0.6) is 0 Å². The van der Waals surface area contributed by atoms with Gasteiger partial charge in [0.15, 0.2) is 0 Å². The third kappa shape index (κ3) is 4.20. The van der Waals surface area contributed by atoms with Gasteiger partial charge in [0.05, 0.1) is 0 Å². The Kier molecular flexibility index (Phi) is 6.06. The van der Waals surface area contributed by atoms with Crippen LogP contribution >= 0.6 is 0 Å². The summed E-state index contributed by atoms with van der Waals surface area (Å²) >= 11 is 0. The zero-order valence-corrected chi connectivity index (χ0v) is 27.7. The van der Waals surface area contributed by atoms with Gasteiger partial charge in [-0.05, 0) is 157 Å². The Bertz CT molecular complexity index is 2330. The van der Waals surface area contributed by atoms with E-state index >= 15 is 0 Å². The second-order valence-corrected chi connectivity index (χ2v) is 15.4. The van der Waals surface area contributed by atoms with Gasteiger partial charge >= 0.3 is 0 Å². The maximum absolute atomic E-state index is 2.56. The van der Waals surface area contributed by atoms with Crippen LogP contribution in [0.1, 0.15) is 98.9 Å². The Morgan fingerprint density at radius 3 is 2.36 bits per heavy atom. The van der Waals surface area contributed by atoms with Gasteiger partial charge in [-0.2, -0.15) is 0 Å². The van der Waals surface area contributed by atoms with E-state index in [2.05, 4.69) is 123 Å². The molecule has 0 saturated carbocycles. The molecule has 0 amide bonds. The number of benzene rings is 4. The van der Waals surface area contributed by atoms with Crippen molar-refractivity contribution in [2.24, 2.45) is 5.92 Å². The van der Waals surface area contributed by atoms with Crippen molar-refractivity contribution in [2.75, 3.05) is 0 Å². The molecule has 0 aliphatic heterocycles. The lowest BCUT2D eigenvalue weighted by molar-refractivity contribution is 0.557. The van der Waals surface area contributed by atoms with Crippen molar-refractivity contribution in [2.45, 2.75) is 76.5 Å². The van der Waals surface area contributed by atoms with Crippen LogP contribution in [0.2, 0.25) is 0 Å². The van der Waals surface area contributed by atoms with Crippen LogP contribution in [0.3, 0.4) is 0 Å². The minimum atomic E-state index is 0.0499. The molecule has 2 atom stereocenters. The van der Waals surface area contributed by atoms with Crippen LogP contribution in [0.25, 0.3) is 45.2 Å². The lowest BCUT2D eigenvalue weighted by atomic mass is 9.74. The lowest BCUT2D eigenvalue weighted by Crippen LogP contribution is -2.26. The molecule has 0 saturated heterocycles. The number of fused-ring (bicyclic) bond motifs is 4. The predicted molar refractivity (Wildman–Crippen MR) is 200 cm³/mol. The molecule has 0 heteroatoms. The highest BCUT2D eigenvalue weighted by Gasteiger charge is 2.35. The molecule has 0 fully saturated rings. The Balaban J connectivity index is 0.940. The summed E-state index contributed by atoms with van der Waals surface area (Å²) < 4.78 is 0. The summed E-state index contributed by atoms with van der Waals surface area (Å²) in [7, 11) is 0. The van der Waals surface area contributed by atoms with Crippen molar-refractivity contribution in [3.63, 3.8) is 0 Å². The minimum Gasteiger partial charge on any atom is -0.0769 e. The fourth-order valence-corrected chi connectivity index (χ4v) is 10.0. The van der Waals surface area contributed by atoms with Gasteiger partial charge in [-0.3, -0.25) is 0 Å². The van der Waals surface area contributed by atoms with Crippen LogP contribution in [0, 0.1) is 5.92 Å². The molecule has 2 unspecified atom stereocenters. The second kappa shape index (κ2) is 10.3. The molecule has 0 nitrogen and oxygen atoms in total. The molecule has 0 spiro atoms. The largest absolute Gasteiger partial charge is 0.0769 e. The number of rotatable bonds is 3. The molecule has 0 aromatic heterocycles. The van der Waals surface area contributed by atoms with Crippen molar-refractivity contribution in [1.82, 2.24) is 0 Å². The monoisotopic (exact) mass is 606 g/mol. The molecule has 4 aromatic rings. The molecule has 6 aliphatic carbocycles. The predicted octanol–water partition coefficient (Wildman–Crippen LogP) is 10.8. The van der Waals surface area contributed by atoms with Crippen molar-refractivity contribution < 1.29 is 0 Å². The molecule has 0 N–H and O–H groups in total. The van der Waals surface area contributed by atoms with Crippen molar-refractivity contribution in [3.05, 3.63) is 152 Å². The van der Waals surface area contributed by atoms with Gasteiger partial charge in [-0.1, -0.05) is 117 Å². The fraction of sp³-hybridized carbons (Fsp3) is 0.277. The summed E-state index contributed by atoms with van der Waals surface area (Å²) in [5, 5.41) is 5.94. The first-order valence-corrected chi connectivity index (χ1v) is 18.1. The van der Waals surface area contributed by atoms with Crippen molar-refractivity contribution >= 4 is 34.1 Å². The first-order chi connectivity index (χ1) is 23.0. The third-order valence-corrected chi connectivity index (χ3v) is 12.6. The fourth-order valence-electron chi connectivity index (χ4n) is 10.0. The molecule has 0 bridgehead atoms. The van der Waals surface area contributed by atoms with Crippen LogP contribution in [-0.2, 0) is 5.41 Å². The van der Waals surface area contributed by atoms with E-state index in [4.69, 9.17) is 0 Å². The molecular weight excluding hydrogens is 565 g/mol. The summed E-state index contributed by atoms with van der Waals surface area (Å²) in [5.41, 5.74) is 17.9. The quantitative estimate of drug-likeness (QED) is 0.218. The molecule has 4 aromatic carbocycles. The highest BCUT2D eigenvalue weighted by molar-refractivity contribution is 5.93. The maximum Gasteiger partial charge on any atom is 0.0159 e. The molecule has 47 heavy (non-hydrogen) atoms. The highest BCUT2D eigenvalue weighted by Crippen LogP contribution is 2.50. The van der Waals surface area contributed by atoms with Gasteiger partial charge in [-0.25, -0.2) is 0 Å². The van der Waals surface area contributed by atoms with E-state index in [9.17, 15) is 0 Å². The molecule has 0 heterocycles. The zero-order chi connectivity index (χ0) is 31.3. The van der Waals surface area contributed by atoms with Crippen LogP contribution in [-0.4, -0.2) is 0 Å². The summed E-state index contributed by atoms with van der Waals surface area (Å²) in [6, 6.07) is 25.7. The van der Waals surface area contributed by atoms with Gasteiger partial charge in [-0.15, -0.1) is 0 Å². The van der Waals surface area contributed by atoms with Crippen LogP contribution < -0.4 is 10.4 Å². The minimum absolute atomic E-state index is 0.0499. The number of allylic oxidation sites excluding steroid dienone is 10. The van der Waals surface area contributed by atoms with Gasteiger partial charge in [0.1, 0.15) is 0 Å². The second-order valence-electron chi connectivity index (χ2n) is 15.4. The molecule has 10 rings (SSSR count). The molecule has 0 radical (unpaired) electrons. The number of hydrogen-bond acceptors (Lipinski definition) is 0. The lowest BCUT2D eigenvalue weighted by Gasteiger charge is -2.30. The van der Waals surface area contributed by atoms with Crippen molar-refractivity contribution in [1.29, 1.82) is 0 Å². The van der Waals surface area contributed by atoms with Crippen molar-refractivity contribution in [3.8, 4) is 11.1 Å². The topological polar surface area (TPSA) is 0 Å². The zero-order valence-electron chi connectivity index (χ0n) is 27.7. The van der Waals surface area contributed by atoms with E-state index < -0.39 is 0 Å². The van der Waals surface area contributed by atoms with Gasteiger partial charge in [0.25, 0.3) is 0 Å². The maximum atomic E-state index is 2.56. The Labute approximate surface area is 278 Å². The standard InChI is InChI=1S/C47H42/c1-47(2)43-9-4-3-8-40(43)41-24-22-38(28-44(41)47)37-19-18-35-26-34(16-17-36(35)27-37)29-10-12-30(13-11-29)39-23-20-33-15-14-31-6-5-7-32-21-25-42(39)46(33)45(31)32/h3-4,6,8-10,12,14-17,20,22-25,27-28,32,35H,5,7,11,13,18-19,21,26H2,1-2H3. The SMILES string of the molecule is CC1(C)c2ccccc2-c2ccc(C3=CC4=CC=C(C5=CC=C(c6ccc7ccc8c9c7c6=CCC9CCC=8)CC5)CC4CC3)cc21. The smallest absolute Gasteiger partial charge is 0.0159 e. The van der Waals surface area contributed by atoms with Crippen LogP contribution in [0.4, 0.5) is 0 Å². The number of hydrogen-bond donors (Lipinski definition) is 0. The third-order valence-electron chi connectivity index (χ3n) is 12.6. The van der Waals surface area contributed by atoms with E-state index in [1.54, 1.807) is 16.7 Å². The summed E-state index contributed by atoms with van der Waals surface area (Å²) in [6.07, 6.45) is 26.9. The molecule has 230 valence electrons.